The number of benzene rings is 2. The van der Waals surface area contributed by atoms with E-state index in [9.17, 15) is 9.59 Å². The molecule has 0 fully saturated rings. The standard InChI is InChI=1S/C22H15N5O4/c23-20-18-19(13-6-8-15(9-7-13)30-14-4-2-1-3-5-14)26-27(21(18)25-12-24-20)11-16-10-17(28)22(29)31-16/h1-10,12H,11H2,(H2,23,24,25). The van der Waals surface area contributed by atoms with Crippen molar-refractivity contribution in [3.05, 3.63) is 72.8 Å². The van der Waals surface area contributed by atoms with Gasteiger partial charge in [0, 0.05) is 11.6 Å². The molecule has 2 N–H and O–H groups in total. The largest absolute Gasteiger partial charge is 0.457 e. The molecular formula is C22H15N5O4. The number of para-hydroxylation sites is 1. The predicted octanol–water partition coefficient (Wildman–Crippen LogP) is 2.88. The van der Waals surface area contributed by atoms with Crippen molar-refractivity contribution in [2.75, 3.05) is 5.73 Å². The summed E-state index contributed by atoms with van der Waals surface area (Å²) in [5.41, 5.74) is 7.91. The number of ketones is 1. The maximum atomic E-state index is 11.4. The van der Waals surface area contributed by atoms with Gasteiger partial charge in [0.2, 0.25) is 0 Å². The lowest BCUT2D eigenvalue weighted by molar-refractivity contribution is -0.146. The third-order valence-corrected chi connectivity index (χ3v) is 4.69. The van der Waals surface area contributed by atoms with Crippen LogP contribution in [-0.2, 0) is 20.9 Å². The summed E-state index contributed by atoms with van der Waals surface area (Å²) >= 11 is 0. The lowest BCUT2D eigenvalue weighted by Crippen LogP contribution is -2.08. The van der Waals surface area contributed by atoms with Gasteiger partial charge < -0.3 is 15.2 Å². The number of nitrogen functional groups attached to an aromatic ring is 1. The smallest absolute Gasteiger partial charge is 0.384 e. The Bertz CT molecular complexity index is 1340. The molecule has 0 radical (unpaired) electrons. The second-order valence-electron chi connectivity index (χ2n) is 6.77. The summed E-state index contributed by atoms with van der Waals surface area (Å²) < 4.78 is 12.3. The monoisotopic (exact) mass is 413 g/mol. The van der Waals surface area contributed by atoms with Gasteiger partial charge in [-0.15, -0.1) is 0 Å². The number of carbonyl (C=O) groups excluding carboxylic acids is 2. The van der Waals surface area contributed by atoms with Crippen LogP contribution >= 0.6 is 0 Å². The summed E-state index contributed by atoms with van der Waals surface area (Å²) in [6.07, 6.45) is 2.48. The molecule has 31 heavy (non-hydrogen) atoms. The molecule has 0 saturated carbocycles. The van der Waals surface area contributed by atoms with Gasteiger partial charge in [-0.3, -0.25) is 4.79 Å². The Balaban J connectivity index is 1.50. The molecule has 0 saturated heterocycles. The molecule has 0 atom stereocenters. The molecule has 2 aromatic heterocycles. The Kier molecular flexibility index (Phi) is 4.40. The first-order chi connectivity index (χ1) is 15.1. The third kappa shape index (κ3) is 3.48. The van der Waals surface area contributed by atoms with E-state index < -0.39 is 11.8 Å². The van der Waals surface area contributed by atoms with Crippen LogP contribution in [0, 0.1) is 0 Å². The Morgan fingerprint density at radius 2 is 1.71 bits per heavy atom. The van der Waals surface area contributed by atoms with E-state index in [-0.39, 0.29) is 18.1 Å². The Hall–Kier alpha value is -4.53. The molecule has 0 aliphatic carbocycles. The maximum absolute atomic E-state index is 11.4. The highest BCUT2D eigenvalue weighted by Gasteiger charge is 2.26. The minimum absolute atomic E-state index is 0.0552. The molecule has 0 bridgehead atoms. The third-order valence-electron chi connectivity index (χ3n) is 4.69. The van der Waals surface area contributed by atoms with E-state index in [2.05, 4.69) is 15.1 Å². The molecule has 1 aliphatic rings. The number of nitrogens with zero attached hydrogens (tertiary/aromatic N) is 4. The van der Waals surface area contributed by atoms with Crippen LogP contribution in [0.1, 0.15) is 0 Å². The number of cyclic esters (lactones) is 1. The van der Waals surface area contributed by atoms with E-state index in [1.54, 1.807) is 0 Å². The molecule has 9 heteroatoms. The van der Waals surface area contributed by atoms with Crippen LogP contribution < -0.4 is 10.5 Å². The highest BCUT2D eigenvalue weighted by atomic mass is 16.5. The quantitative estimate of drug-likeness (QED) is 0.391. The van der Waals surface area contributed by atoms with Crippen molar-refractivity contribution in [3.8, 4) is 22.8 Å². The first kappa shape index (κ1) is 18.5. The number of allylic oxidation sites excluding steroid dienone is 1. The van der Waals surface area contributed by atoms with Gasteiger partial charge in [0.25, 0.3) is 5.78 Å². The molecule has 5 rings (SSSR count). The molecular weight excluding hydrogens is 398 g/mol. The van der Waals surface area contributed by atoms with Gasteiger partial charge in [0.1, 0.15) is 41.6 Å². The summed E-state index contributed by atoms with van der Waals surface area (Å²) in [4.78, 5) is 31.2. The van der Waals surface area contributed by atoms with Gasteiger partial charge in [0.05, 0.1) is 5.39 Å². The Morgan fingerprint density at radius 3 is 2.42 bits per heavy atom. The highest BCUT2D eigenvalue weighted by Crippen LogP contribution is 2.32. The number of nitrogens with two attached hydrogens (primary N) is 1. The molecule has 0 spiro atoms. The van der Waals surface area contributed by atoms with Gasteiger partial charge in [-0.2, -0.15) is 5.10 Å². The number of aromatic nitrogens is 4. The van der Waals surface area contributed by atoms with E-state index in [1.807, 2.05) is 54.6 Å². The van der Waals surface area contributed by atoms with E-state index >= 15 is 0 Å². The van der Waals surface area contributed by atoms with Gasteiger partial charge in [-0.05, 0) is 36.4 Å². The van der Waals surface area contributed by atoms with Crippen LogP contribution in [0.2, 0.25) is 0 Å². The summed E-state index contributed by atoms with van der Waals surface area (Å²) in [6.45, 7) is 0.0552. The normalized spacial score (nSPS) is 13.4. The average molecular weight is 413 g/mol. The fourth-order valence-corrected chi connectivity index (χ4v) is 3.28. The summed E-state index contributed by atoms with van der Waals surface area (Å²) in [6, 6.07) is 16.8. The summed E-state index contributed by atoms with van der Waals surface area (Å²) in [5, 5.41) is 5.16. The molecule has 0 amide bonds. The van der Waals surface area contributed by atoms with E-state index in [0.29, 0.717) is 22.5 Å². The maximum Gasteiger partial charge on any atom is 0.384 e. The van der Waals surface area contributed by atoms with Gasteiger partial charge in [0.15, 0.2) is 5.65 Å². The molecule has 2 aromatic carbocycles. The zero-order chi connectivity index (χ0) is 21.4. The van der Waals surface area contributed by atoms with Gasteiger partial charge in [-0.1, -0.05) is 18.2 Å². The number of fused-ring (bicyclic) bond motifs is 1. The van der Waals surface area contributed by atoms with Crippen LogP contribution in [0.25, 0.3) is 22.3 Å². The summed E-state index contributed by atoms with van der Waals surface area (Å²) in [7, 11) is 0. The number of rotatable bonds is 5. The predicted molar refractivity (Wildman–Crippen MR) is 111 cm³/mol. The van der Waals surface area contributed by atoms with Crippen LogP contribution in [0.3, 0.4) is 0 Å². The van der Waals surface area contributed by atoms with Crippen molar-refractivity contribution in [1.29, 1.82) is 0 Å². The van der Waals surface area contributed by atoms with E-state index in [4.69, 9.17) is 15.2 Å². The fourth-order valence-electron chi connectivity index (χ4n) is 3.28. The van der Waals surface area contributed by atoms with Crippen molar-refractivity contribution in [2.24, 2.45) is 0 Å². The van der Waals surface area contributed by atoms with Crippen molar-refractivity contribution in [3.63, 3.8) is 0 Å². The number of anilines is 1. The summed E-state index contributed by atoms with van der Waals surface area (Å²) in [5.74, 6) is 0.254. The number of ether oxygens (including phenoxy) is 2. The zero-order valence-corrected chi connectivity index (χ0v) is 16.1. The van der Waals surface area contributed by atoms with Crippen molar-refractivity contribution < 1.29 is 19.1 Å². The highest BCUT2D eigenvalue weighted by molar-refractivity contribution is 6.40. The average Bonchev–Trinajstić information content (AvgIpc) is 3.30. The molecule has 0 unspecified atom stereocenters. The number of esters is 1. The minimum Gasteiger partial charge on any atom is -0.457 e. The first-order valence-corrected chi connectivity index (χ1v) is 9.35. The lowest BCUT2D eigenvalue weighted by atomic mass is 10.1. The van der Waals surface area contributed by atoms with Crippen molar-refractivity contribution in [1.82, 2.24) is 19.7 Å². The van der Waals surface area contributed by atoms with Gasteiger partial charge >= 0.3 is 5.97 Å². The van der Waals surface area contributed by atoms with Crippen molar-refractivity contribution >= 4 is 28.6 Å². The van der Waals surface area contributed by atoms with Crippen LogP contribution in [0.15, 0.2) is 72.8 Å². The van der Waals surface area contributed by atoms with E-state index in [1.165, 1.54) is 11.0 Å². The van der Waals surface area contributed by atoms with Crippen molar-refractivity contribution in [2.45, 2.75) is 6.54 Å². The Labute approximate surface area is 175 Å². The topological polar surface area (TPSA) is 122 Å². The van der Waals surface area contributed by atoms with Crippen LogP contribution in [-0.4, -0.2) is 31.5 Å². The molecule has 3 heterocycles. The van der Waals surface area contributed by atoms with E-state index in [0.717, 1.165) is 17.4 Å². The number of hydrogen-bond donors (Lipinski definition) is 1. The second-order valence-corrected chi connectivity index (χ2v) is 6.77. The zero-order valence-electron chi connectivity index (χ0n) is 16.1. The van der Waals surface area contributed by atoms with Gasteiger partial charge in [-0.25, -0.2) is 19.4 Å². The second kappa shape index (κ2) is 7.38. The van der Waals surface area contributed by atoms with Crippen LogP contribution in [0.4, 0.5) is 5.82 Å². The SMILES string of the molecule is Nc1ncnc2c1c(-c1ccc(Oc3ccccc3)cc1)nn2CC1=CC(=O)C(=O)O1. The molecule has 1 aliphatic heterocycles. The first-order valence-electron chi connectivity index (χ1n) is 9.35. The van der Waals surface area contributed by atoms with Crippen LogP contribution in [0.5, 0.6) is 11.5 Å². The number of carbonyl (C=O) groups is 2. The molecule has 4 aromatic rings. The minimum atomic E-state index is -0.908. The molecule has 152 valence electrons. The fraction of sp³-hybridized carbons (Fsp3) is 0.0455. The number of hydrogen-bond acceptors (Lipinski definition) is 8. The lowest BCUT2D eigenvalue weighted by Gasteiger charge is -2.06. The molecule has 9 nitrogen and oxygen atoms in total. The Morgan fingerprint density at radius 1 is 0.968 bits per heavy atom.